The molecule has 0 aromatic heterocycles. The molecule has 1 heterocycles. The third-order valence-electron chi connectivity index (χ3n) is 4.26. The Labute approximate surface area is 180 Å². The predicted molar refractivity (Wildman–Crippen MR) is 121 cm³/mol. The quantitative estimate of drug-likeness (QED) is 0.356. The standard InChI is InChI=1S/C22H21ClN2O3S/c1-4-11-28-20-17(23)12-15(14-19(20)27-5-2)13-18-21(26)25(22(29)24(18)3)16-9-7-6-8-10-16/h4,6-10,12-14H,1,5,11H2,2-3H3/b18-13-. The van der Waals surface area contributed by atoms with Crippen LogP contribution in [-0.4, -0.2) is 36.2 Å². The van der Waals surface area contributed by atoms with E-state index in [0.29, 0.717) is 46.1 Å². The molecule has 0 saturated carbocycles. The van der Waals surface area contributed by atoms with Crippen molar-refractivity contribution in [3.05, 3.63) is 71.4 Å². The molecule has 1 amide bonds. The smallest absolute Gasteiger partial charge is 0.281 e. The van der Waals surface area contributed by atoms with Gasteiger partial charge in [0.15, 0.2) is 16.6 Å². The van der Waals surface area contributed by atoms with Crippen LogP contribution in [0.3, 0.4) is 0 Å². The van der Waals surface area contributed by atoms with E-state index in [-0.39, 0.29) is 5.91 Å². The van der Waals surface area contributed by atoms with Gasteiger partial charge in [0.05, 0.1) is 17.3 Å². The van der Waals surface area contributed by atoms with Gasteiger partial charge in [-0.15, -0.1) is 0 Å². The molecule has 0 N–H and O–H groups in total. The molecule has 1 aliphatic heterocycles. The molecule has 1 fully saturated rings. The van der Waals surface area contributed by atoms with Gasteiger partial charge in [0.25, 0.3) is 5.91 Å². The number of anilines is 1. The largest absolute Gasteiger partial charge is 0.490 e. The minimum atomic E-state index is -0.204. The zero-order valence-electron chi connectivity index (χ0n) is 16.2. The van der Waals surface area contributed by atoms with Gasteiger partial charge in [0, 0.05) is 7.05 Å². The second kappa shape index (κ2) is 9.11. The summed E-state index contributed by atoms with van der Waals surface area (Å²) in [6, 6.07) is 12.8. The van der Waals surface area contributed by atoms with E-state index in [1.165, 1.54) is 4.90 Å². The molecular weight excluding hydrogens is 408 g/mol. The summed E-state index contributed by atoms with van der Waals surface area (Å²) in [7, 11) is 1.77. The summed E-state index contributed by atoms with van der Waals surface area (Å²) in [4.78, 5) is 16.3. The van der Waals surface area contributed by atoms with Crippen molar-refractivity contribution >= 4 is 46.6 Å². The highest BCUT2D eigenvalue weighted by Crippen LogP contribution is 2.38. The van der Waals surface area contributed by atoms with E-state index in [9.17, 15) is 4.79 Å². The SMILES string of the molecule is C=CCOc1c(Cl)cc(/C=C2/C(=O)N(c3ccccc3)C(=S)N2C)cc1OCC. The molecule has 2 aromatic rings. The van der Waals surface area contributed by atoms with Crippen molar-refractivity contribution in [1.82, 2.24) is 4.90 Å². The van der Waals surface area contributed by atoms with Gasteiger partial charge in [0.1, 0.15) is 12.3 Å². The van der Waals surface area contributed by atoms with E-state index in [1.807, 2.05) is 37.3 Å². The van der Waals surface area contributed by atoms with Crippen LogP contribution in [0.2, 0.25) is 5.02 Å². The average Bonchev–Trinajstić information content (AvgIpc) is 2.91. The van der Waals surface area contributed by atoms with Crippen molar-refractivity contribution in [1.29, 1.82) is 0 Å². The first-order chi connectivity index (χ1) is 14.0. The molecule has 3 rings (SSSR count). The summed E-state index contributed by atoms with van der Waals surface area (Å²) >= 11 is 11.9. The molecule has 0 spiro atoms. The zero-order valence-corrected chi connectivity index (χ0v) is 17.8. The highest BCUT2D eigenvalue weighted by atomic mass is 35.5. The number of hydrogen-bond donors (Lipinski definition) is 0. The average molecular weight is 429 g/mol. The first-order valence-electron chi connectivity index (χ1n) is 9.06. The van der Waals surface area contributed by atoms with Crippen LogP contribution in [0, 0.1) is 0 Å². The second-order valence-corrected chi connectivity index (χ2v) is 6.98. The molecular formula is C22H21ClN2O3S. The van der Waals surface area contributed by atoms with Gasteiger partial charge in [-0.05, 0) is 55.0 Å². The van der Waals surface area contributed by atoms with Crippen LogP contribution in [0.25, 0.3) is 6.08 Å². The van der Waals surface area contributed by atoms with Crippen molar-refractivity contribution in [3.63, 3.8) is 0 Å². The van der Waals surface area contributed by atoms with Gasteiger partial charge in [0.2, 0.25) is 0 Å². The lowest BCUT2D eigenvalue weighted by atomic mass is 10.1. The minimum Gasteiger partial charge on any atom is -0.490 e. The summed E-state index contributed by atoms with van der Waals surface area (Å²) in [6.45, 7) is 6.28. The lowest BCUT2D eigenvalue weighted by molar-refractivity contribution is -0.114. The number of halogens is 1. The lowest BCUT2D eigenvalue weighted by Crippen LogP contribution is -2.30. The predicted octanol–water partition coefficient (Wildman–Crippen LogP) is 4.91. The lowest BCUT2D eigenvalue weighted by Gasteiger charge is -2.16. The zero-order chi connectivity index (χ0) is 21.0. The number of ether oxygens (including phenoxy) is 2. The highest BCUT2D eigenvalue weighted by Gasteiger charge is 2.36. The summed E-state index contributed by atoms with van der Waals surface area (Å²) in [5.41, 5.74) is 1.87. The summed E-state index contributed by atoms with van der Waals surface area (Å²) in [5.74, 6) is 0.747. The maximum atomic E-state index is 13.1. The molecule has 5 nitrogen and oxygen atoms in total. The fraction of sp³-hybridized carbons (Fsp3) is 0.182. The van der Waals surface area contributed by atoms with Crippen LogP contribution >= 0.6 is 23.8 Å². The Morgan fingerprint density at radius 2 is 1.93 bits per heavy atom. The Hall–Kier alpha value is -2.83. The van der Waals surface area contributed by atoms with Crippen LogP contribution in [0.1, 0.15) is 12.5 Å². The van der Waals surface area contributed by atoms with Gasteiger partial charge in [-0.2, -0.15) is 0 Å². The van der Waals surface area contributed by atoms with Crippen molar-refractivity contribution < 1.29 is 14.3 Å². The Kier molecular flexibility index (Phi) is 6.56. The Bertz CT molecular complexity index is 976. The van der Waals surface area contributed by atoms with E-state index >= 15 is 0 Å². The van der Waals surface area contributed by atoms with Crippen molar-refractivity contribution in [2.24, 2.45) is 0 Å². The molecule has 0 aliphatic carbocycles. The fourth-order valence-electron chi connectivity index (χ4n) is 2.94. The first-order valence-corrected chi connectivity index (χ1v) is 9.85. The molecule has 0 atom stereocenters. The Balaban J connectivity index is 1.99. The van der Waals surface area contributed by atoms with Crippen LogP contribution in [0.15, 0.2) is 60.8 Å². The molecule has 1 saturated heterocycles. The number of rotatable bonds is 7. The summed E-state index contributed by atoms with van der Waals surface area (Å²) in [5, 5.41) is 0.801. The number of likely N-dealkylation sites (N-methyl/N-ethyl adjacent to an activating group) is 1. The number of benzene rings is 2. The van der Waals surface area contributed by atoms with Crippen LogP contribution in [-0.2, 0) is 4.79 Å². The summed E-state index contributed by atoms with van der Waals surface area (Å²) in [6.07, 6.45) is 3.37. The number of nitrogens with zero attached hydrogens (tertiary/aromatic N) is 2. The molecule has 150 valence electrons. The molecule has 29 heavy (non-hydrogen) atoms. The normalized spacial score (nSPS) is 15.2. The highest BCUT2D eigenvalue weighted by molar-refractivity contribution is 7.80. The van der Waals surface area contributed by atoms with Crippen molar-refractivity contribution in [3.8, 4) is 11.5 Å². The van der Waals surface area contributed by atoms with Gasteiger partial charge in [-0.25, -0.2) is 0 Å². The van der Waals surface area contributed by atoms with Gasteiger partial charge < -0.3 is 14.4 Å². The van der Waals surface area contributed by atoms with E-state index in [1.54, 1.807) is 36.2 Å². The third-order valence-corrected chi connectivity index (χ3v) is 4.99. The van der Waals surface area contributed by atoms with Crippen LogP contribution < -0.4 is 14.4 Å². The van der Waals surface area contributed by atoms with Crippen LogP contribution in [0.5, 0.6) is 11.5 Å². The van der Waals surface area contributed by atoms with E-state index in [2.05, 4.69) is 6.58 Å². The fourth-order valence-corrected chi connectivity index (χ4v) is 3.50. The number of carbonyl (C=O) groups excluding carboxylic acids is 1. The van der Waals surface area contributed by atoms with Crippen molar-refractivity contribution in [2.75, 3.05) is 25.2 Å². The maximum Gasteiger partial charge on any atom is 0.281 e. The molecule has 7 heteroatoms. The first kappa shape index (κ1) is 20.9. The second-order valence-electron chi connectivity index (χ2n) is 6.21. The number of amides is 1. The number of thiocarbonyl (C=S) groups is 1. The number of carbonyl (C=O) groups is 1. The monoisotopic (exact) mass is 428 g/mol. The Morgan fingerprint density at radius 1 is 1.21 bits per heavy atom. The van der Waals surface area contributed by atoms with Gasteiger partial charge >= 0.3 is 0 Å². The van der Waals surface area contributed by atoms with Gasteiger partial charge in [-0.3, -0.25) is 9.69 Å². The number of hydrogen-bond acceptors (Lipinski definition) is 4. The van der Waals surface area contributed by atoms with E-state index in [4.69, 9.17) is 33.3 Å². The minimum absolute atomic E-state index is 0.204. The third kappa shape index (κ3) is 4.28. The molecule has 2 aromatic carbocycles. The van der Waals surface area contributed by atoms with E-state index in [0.717, 1.165) is 5.69 Å². The maximum absolute atomic E-state index is 13.1. The topological polar surface area (TPSA) is 42.0 Å². The van der Waals surface area contributed by atoms with Crippen molar-refractivity contribution in [2.45, 2.75) is 6.92 Å². The van der Waals surface area contributed by atoms with E-state index < -0.39 is 0 Å². The molecule has 0 unspecified atom stereocenters. The van der Waals surface area contributed by atoms with Gasteiger partial charge in [-0.1, -0.05) is 42.5 Å². The summed E-state index contributed by atoms with van der Waals surface area (Å²) < 4.78 is 11.3. The molecule has 1 aliphatic rings. The number of para-hydroxylation sites is 1. The molecule has 0 bridgehead atoms. The molecule has 0 radical (unpaired) electrons. The van der Waals surface area contributed by atoms with Crippen LogP contribution in [0.4, 0.5) is 5.69 Å². The Morgan fingerprint density at radius 3 is 2.59 bits per heavy atom.